The van der Waals surface area contributed by atoms with Crippen LogP contribution in [-0.4, -0.2) is 33.6 Å². The second-order valence-electron chi connectivity index (χ2n) is 7.92. The summed E-state index contributed by atoms with van der Waals surface area (Å²) in [5.41, 5.74) is 6.48. The normalized spacial score (nSPS) is 14.2. The van der Waals surface area contributed by atoms with Crippen molar-refractivity contribution in [1.29, 1.82) is 0 Å². The van der Waals surface area contributed by atoms with E-state index in [1.165, 1.54) is 0 Å². The van der Waals surface area contributed by atoms with Gasteiger partial charge in [0, 0.05) is 23.6 Å². The van der Waals surface area contributed by atoms with Crippen molar-refractivity contribution in [3.05, 3.63) is 36.0 Å². The van der Waals surface area contributed by atoms with Crippen molar-refractivity contribution in [1.82, 2.24) is 9.88 Å². The van der Waals surface area contributed by atoms with Crippen molar-refractivity contribution >= 4 is 22.7 Å². The molecule has 2 aromatic rings. The number of fused-ring (bicyclic) bond motifs is 1. The molecule has 142 valence electrons. The Morgan fingerprint density at radius 1 is 1.27 bits per heavy atom. The summed E-state index contributed by atoms with van der Waals surface area (Å²) in [6.07, 6.45) is 2.97. The van der Waals surface area contributed by atoms with Crippen LogP contribution >= 0.6 is 0 Å². The molecule has 1 heterocycles. The molecule has 1 aromatic heterocycles. The Kier molecular flexibility index (Phi) is 6.08. The van der Waals surface area contributed by atoms with Gasteiger partial charge in [0.2, 0.25) is 5.91 Å². The summed E-state index contributed by atoms with van der Waals surface area (Å²) in [5, 5.41) is 13.1. The van der Waals surface area contributed by atoms with Crippen LogP contribution < -0.4 is 11.1 Å². The molecular weight excluding hydrogens is 330 g/mol. The first-order valence-electron chi connectivity index (χ1n) is 8.97. The van der Waals surface area contributed by atoms with Gasteiger partial charge in [-0.15, -0.1) is 0 Å². The Morgan fingerprint density at radius 2 is 1.92 bits per heavy atom. The Hall–Kier alpha value is -2.34. The molecule has 2 amide bonds. The number of carbonyl (C=O) groups excluding carboxylic acids is 2. The van der Waals surface area contributed by atoms with Crippen molar-refractivity contribution in [3.63, 3.8) is 0 Å². The van der Waals surface area contributed by atoms with Crippen molar-refractivity contribution in [2.24, 2.45) is 11.1 Å². The van der Waals surface area contributed by atoms with Gasteiger partial charge in [0.1, 0.15) is 6.04 Å². The first-order chi connectivity index (χ1) is 12.1. The fourth-order valence-corrected chi connectivity index (χ4v) is 3.09. The van der Waals surface area contributed by atoms with Gasteiger partial charge in [0.05, 0.1) is 11.7 Å². The largest absolute Gasteiger partial charge is 0.393 e. The number of carbonyl (C=O) groups is 2. The molecule has 6 heteroatoms. The molecule has 0 saturated carbocycles. The minimum absolute atomic E-state index is 0.311. The van der Waals surface area contributed by atoms with Crippen molar-refractivity contribution in [2.45, 2.75) is 59.2 Å². The molecule has 2 rings (SSSR count). The number of primary amides is 1. The van der Waals surface area contributed by atoms with E-state index in [1.54, 1.807) is 6.92 Å². The monoisotopic (exact) mass is 359 g/mol. The third-order valence-electron chi connectivity index (χ3n) is 4.48. The minimum atomic E-state index is -0.757. The zero-order valence-electron chi connectivity index (χ0n) is 16.0. The first-order valence-corrected chi connectivity index (χ1v) is 8.97. The molecule has 1 aromatic carbocycles. The number of aryl methyl sites for hydroxylation is 1. The maximum Gasteiger partial charge on any atom is 0.254 e. The Morgan fingerprint density at radius 3 is 2.50 bits per heavy atom. The number of aliphatic hydroxyl groups is 1. The van der Waals surface area contributed by atoms with Crippen LogP contribution in [0, 0.1) is 5.41 Å². The van der Waals surface area contributed by atoms with Gasteiger partial charge in [-0.2, -0.15) is 0 Å². The lowest BCUT2D eigenvalue weighted by Crippen LogP contribution is -2.52. The van der Waals surface area contributed by atoms with Crippen molar-refractivity contribution < 1.29 is 14.7 Å². The van der Waals surface area contributed by atoms with Crippen LogP contribution in [0.4, 0.5) is 0 Å². The number of nitrogens with two attached hydrogens (primary N) is 1. The minimum Gasteiger partial charge on any atom is -0.393 e. The number of hydrogen-bond acceptors (Lipinski definition) is 3. The zero-order chi connectivity index (χ0) is 19.5. The number of aromatic nitrogens is 1. The van der Waals surface area contributed by atoms with Crippen LogP contribution in [0.5, 0.6) is 0 Å². The summed E-state index contributed by atoms with van der Waals surface area (Å²) in [4.78, 5) is 24.6. The van der Waals surface area contributed by atoms with Gasteiger partial charge in [-0.25, -0.2) is 0 Å². The van der Waals surface area contributed by atoms with Gasteiger partial charge in [-0.1, -0.05) is 39.0 Å². The summed E-state index contributed by atoms with van der Waals surface area (Å²) >= 11 is 0. The summed E-state index contributed by atoms with van der Waals surface area (Å²) in [6.45, 7) is 8.06. The molecule has 0 aliphatic rings. The van der Waals surface area contributed by atoms with Crippen molar-refractivity contribution in [3.8, 4) is 0 Å². The van der Waals surface area contributed by atoms with E-state index in [4.69, 9.17) is 5.73 Å². The zero-order valence-corrected chi connectivity index (χ0v) is 16.0. The molecule has 6 nitrogen and oxygen atoms in total. The smallest absolute Gasteiger partial charge is 0.254 e. The highest BCUT2D eigenvalue weighted by Crippen LogP contribution is 2.24. The second-order valence-corrected chi connectivity index (χ2v) is 7.92. The molecule has 4 N–H and O–H groups in total. The average Bonchev–Trinajstić information content (AvgIpc) is 2.90. The van der Waals surface area contributed by atoms with E-state index in [2.05, 4.69) is 5.32 Å². The van der Waals surface area contributed by atoms with Gasteiger partial charge in [0.15, 0.2) is 0 Å². The number of aliphatic hydroxyl groups excluding tert-OH is 1. The predicted octanol–water partition coefficient (Wildman–Crippen LogP) is 2.43. The Bertz CT molecular complexity index is 787. The molecule has 0 spiro atoms. The third kappa shape index (κ3) is 4.64. The first kappa shape index (κ1) is 20.0. The van der Waals surface area contributed by atoms with E-state index < -0.39 is 17.4 Å². The average molecular weight is 359 g/mol. The molecule has 0 aliphatic carbocycles. The van der Waals surface area contributed by atoms with E-state index in [0.29, 0.717) is 18.5 Å². The van der Waals surface area contributed by atoms with Crippen molar-refractivity contribution in [2.75, 3.05) is 0 Å². The van der Waals surface area contributed by atoms with E-state index in [0.717, 1.165) is 17.3 Å². The number of rotatable bonds is 7. The topological polar surface area (TPSA) is 97.3 Å². The number of benzene rings is 1. The summed E-state index contributed by atoms with van der Waals surface area (Å²) in [6, 6.07) is 6.91. The van der Waals surface area contributed by atoms with E-state index in [1.807, 2.05) is 55.8 Å². The maximum atomic E-state index is 12.8. The summed E-state index contributed by atoms with van der Waals surface area (Å²) in [7, 11) is 0. The third-order valence-corrected chi connectivity index (χ3v) is 4.48. The molecular formula is C20H29N3O3. The van der Waals surface area contributed by atoms with Crippen LogP contribution in [0.2, 0.25) is 0 Å². The van der Waals surface area contributed by atoms with Crippen LogP contribution in [-0.2, 0) is 11.3 Å². The second kappa shape index (κ2) is 7.91. The molecule has 0 aliphatic heterocycles. The standard InChI is InChI=1S/C20H29N3O3/c1-13(24)8-7-11-23-12-15(14-9-5-6-10-16(14)23)19(26)22-17(18(21)25)20(2,3)4/h5-6,9-10,12-13,17,24H,7-8,11H2,1-4H3,(H2,21,25)(H,22,26)/t13-,17+/m1/s1. The number of hydrogen-bond donors (Lipinski definition) is 3. The molecule has 2 atom stereocenters. The Balaban J connectivity index is 2.31. The molecule has 0 unspecified atom stereocenters. The highest BCUT2D eigenvalue weighted by molar-refractivity contribution is 6.08. The number of nitrogens with one attached hydrogen (secondary N) is 1. The number of amides is 2. The van der Waals surface area contributed by atoms with E-state index >= 15 is 0 Å². The lowest BCUT2D eigenvalue weighted by molar-refractivity contribution is -0.122. The highest BCUT2D eigenvalue weighted by atomic mass is 16.3. The van der Waals surface area contributed by atoms with Gasteiger partial charge >= 0.3 is 0 Å². The van der Waals surface area contributed by atoms with Crippen LogP contribution in [0.1, 0.15) is 50.9 Å². The van der Waals surface area contributed by atoms with Crippen LogP contribution in [0.25, 0.3) is 10.9 Å². The highest BCUT2D eigenvalue weighted by Gasteiger charge is 2.32. The fourth-order valence-electron chi connectivity index (χ4n) is 3.09. The van der Waals surface area contributed by atoms with Crippen LogP contribution in [0.15, 0.2) is 30.5 Å². The van der Waals surface area contributed by atoms with E-state index in [-0.39, 0.29) is 12.0 Å². The van der Waals surface area contributed by atoms with Gasteiger partial charge in [0.25, 0.3) is 5.91 Å². The molecule has 26 heavy (non-hydrogen) atoms. The van der Waals surface area contributed by atoms with Gasteiger partial charge in [-0.05, 0) is 31.2 Å². The molecule has 0 saturated heterocycles. The van der Waals surface area contributed by atoms with Gasteiger partial charge < -0.3 is 20.7 Å². The fraction of sp³-hybridized carbons (Fsp3) is 0.500. The number of nitrogens with zero attached hydrogens (tertiary/aromatic N) is 1. The maximum absolute atomic E-state index is 12.8. The lowest BCUT2D eigenvalue weighted by atomic mass is 9.86. The lowest BCUT2D eigenvalue weighted by Gasteiger charge is -2.28. The van der Waals surface area contributed by atoms with Gasteiger partial charge in [-0.3, -0.25) is 9.59 Å². The predicted molar refractivity (Wildman–Crippen MR) is 103 cm³/mol. The molecule has 0 radical (unpaired) electrons. The quantitative estimate of drug-likeness (QED) is 0.708. The molecule has 0 fully saturated rings. The van der Waals surface area contributed by atoms with E-state index in [9.17, 15) is 14.7 Å². The molecule has 0 bridgehead atoms. The van der Waals surface area contributed by atoms with Crippen LogP contribution in [0.3, 0.4) is 0 Å². The Labute approximate surface area is 154 Å². The number of para-hydroxylation sites is 1. The SMILES string of the molecule is C[C@@H](O)CCCn1cc(C(=O)N[C@@H](C(N)=O)C(C)(C)C)c2ccccc21. The summed E-state index contributed by atoms with van der Waals surface area (Å²) in [5.74, 6) is -0.860. The summed E-state index contributed by atoms with van der Waals surface area (Å²) < 4.78 is 2.02.